The van der Waals surface area contributed by atoms with Gasteiger partial charge in [0.25, 0.3) is 11.8 Å². The molecule has 1 saturated carbocycles. The maximum atomic E-state index is 13.3. The van der Waals surface area contributed by atoms with Crippen molar-refractivity contribution in [2.75, 3.05) is 25.0 Å². The summed E-state index contributed by atoms with van der Waals surface area (Å²) in [5.41, 5.74) is 2.11. The van der Waals surface area contributed by atoms with Crippen LogP contribution in [0, 0.1) is 18.7 Å². The van der Waals surface area contributed by atoms with Crippen LogP contribution in [0.25, 0.3) is 0 Å². The summed E-state index contributed by atoms with van der Waals surface area (Å²) in [4.78, 5) is 27.3. The standard InChI is InChI=1S/C22H22ClFN2O3/c1-13-2-3-16(22(28)26-8-9-29-20(12-26)14-4-5-14)11-19(13)25-21(27)15-6-7-18(24)17(23)10-15/h2-3,6-7,10-11,14,20H,4-5,8-9,12H2,1H3,(H,25,27). The molecule has 29 heavy (non-hydrogen) atoms. The topological polar surface area (TPSA) is 58.6 Å². The Morgan fingerprint density at radius 3 is 2.66 bits per heavy atom. The van der Waals surface area contributed by atoms with E-state index in [9.17, 15) is 14.0 Å². The van der Waals surface area contributed by atoms with Gasteiger partial charge in [0.1, 0.15) is 5.82 Å². The molecule has 1 aliphatic heterocycles. The van der Waals surface area contributed by atoms with Crippen LogP contribution >= 0.6 is 11.6 Å². The normalized spacial score (nSPS) is 19.1. The number of hydrogen-bond acceptors (Lipinski definition) is 3. The van der Waals surface area contributed by atoms with Gasteiger partial charge >= 0.3 is 0 Å². The number of hydrogen-bond donors (Lipinski definition) is 1. The van der Waals surface area contributed by atoms with Crippen molar-refractivity contribution in [1.29, 1.82) is 0 Å². The van der Waals surface area contributed by atoms with Gasteiger partial charge in [-0.1, -0.05) is 17.7 Å². The van der Waals surface area contributed by atoms with E-state index in [1.54, 1.807) is 18.2 Å². The van der Waals surface area contributed by atoms with Gasteiger partial charge in [0.05, 0.1) is 17.7 Å². The second kappa shape index (κ2) is 8.13. The van der Waals surface area contributed by atoms with Gasteiger partial charge in [0, 0.05) is 29.9 Å². The highest BCUT2D eigenvalue weighted by Crippen LogP contribution is 2.36. The number of nitrogens with one attached hydrogen (secondary N) is 1. The summed E-state index contributed by atoms with van der Waals surface area (Å²) in [5, 5.41) is 2.68. The second-order valence-corrected chi connectivity index (χ2v) is 8.02. The Bertz CT molecular complexity index is 961. The first-order chi connectivity index (χ1) is 13.9. The third-order valence-electron chi connectivity index (χ3n) is 5.44. The number of carbonyl (C=O) groups excluding carboxylic acids is 2. The summed E-state index contributed by atoms with van der Waals surface area (Å²) in [6, 6.07) is 9.05. The zero-order valence-corrected chi connectivity index (χ0v) is 16.8. The van der Waals surface area contributed by atoms with Crippen LogP contribution in [0.1, 0.15) is 39.1 Å². The van der Waals surface area contributed by atoms with Crippen molar-refractivity contribution in [3.8, 4) is 0 Å². The Hall–Kier alpha value is -2.44. The Morgan fingerprint density at radius 1 is 1.17 bits per heavy atom. The van der Waals surface area contributed by atoms with Crippen LogP contribution in [0.4, 0.5) is 10.1 Å². The van der Waals surface area contributed by atoms with Gasteiger partial charge in [-0.25, -0.2) is 4.39 Å². The van der Waals surface area contributed by atoms with Crippen molar-refractivity contribution in [3.63, 3.8) is 0 Å². The van der Waals surface area contributed by atoms with Crippen molar-refractivity contribution in [1.82, 2.24) is 4.90 Å². The van der Waals surface area contributed by atoms with Crippen molar-refractivity contribution >= 4 is 29.1 Å². The molecule has 2 aliphatic rings. The monoisotopic (exact) mass is 416 g/mol. The van der Waals surface area contributed by atoms with Gasteiger partial charge in [-0.15, -0.1) is 0 Å². The lowest BCUT2D eigenvalue weighted by Gasteiger charge is -2.33. The lowest BCUT2D eigenvalue weighted by molar-refractivity contribution is -0.0313. The predicted molar refractivity (Wildman–Crippen MR) is 109 cm³/mol. The fourth-order valence-corrected chi connectivity index (χ4v) is 3.70. The molecule has 1 unspecified atom stereocenters. The molecule has 1 aliphatic carbocycles. The third-order valence-corrected chi connectivity index (χ3v) is 5.73. The van der Waals surface area contributed by atoms with E-state index in [4.69, 9.17) is 16.3 Å². The Morgan fingerprint density at radius 2 is 1.93 bits per heavy atom. The van der Waals surface area contributed by atoms with Crippen molar-refractivity contribution in [2.45, 2.75) is 25.9 Å². The molecule has 0 spiro atoms. The van der Waals surface area contributed by atoms with E-state index in [1.807, 2.05) is 11.8 Å². The van der Waals surface area contributed by atoms with E-state index >= 15 is 0 Å². The number of amides is 2. The summed E-state index contributed by atoms with van der Waals surface area (Å²) >= 11 is 5.77. The molecule has 0 bridgehead atoms. The summed E-state index contributed by atoms with van der Waals surface area (Å²) in [7, 11) is 0. The molecule has 2 fully saturated rings. The van der Waals surface area contributed by atoms with E-state index in [2.05, 4.69) is 5.32 Å². The number of aryl methyl sites for hydroxylation is 1. The van der Waals surface area contributed by atoms with Gasteiger partial charge in [-0.2, -0.15) is 0 Å². The van der Waals surface area contributed by atoms with Crippen LogP contribution in [-0.4, -0.2) is 42.5 Å². The fraction of sp³-hybridized carbons (Fsp3) is 0.364. The molecule has 0 aromatic heterocycles. The molecule has 7 heteroatoms. The van der Waals surface area contributed by atoms with Gasteiger partial charge < -0.3 is 15.0 Å². The SMILES string of the molecule is Cc1ccc(C(=O)N2CCOC(C3CC3)C2)cc1NC(=O)c1ccc(F)c(Cl)c1. The van der Waals surface area contributed by atoms with E-state index in [-0.39, 0.29) is 22.6 Å². The molecule has 152 valence electrons. The average molecular weight is 417 g/mol. The summed E-state index contributed by atoms with van der Waals surface area (Å²) < 4.78 is 19.1. The van der Waals surface area contributed by atoms with Gasteiger partial charge in [-0.3, -0.25) is 9.59 Å². The molecule has 1 N–H and O–H groups in total. The number of anilines is 1. The van der Waals surface area contributed by atoms with E-state index in [1.165, 1.54) is 25.0 Å². The lowest BCUT2D eigenvalue weighted by atomic mass is 10.1. The number of ether oxygens (including phenoxy) is 1. The molecule has 0 radical (unpaired) electrons. The van der Waals surface area contributed by atoms with Crippen LogP contribution in [0.5, 0.6) is 0 Å². The molecule has 5 nitrogen and oxygen atoms in total. The maximum Gasteiger partial charge on any atom is 0.255 e. The van der Waals surface area contributed by atoms with Crippen LogP contribution < -0.4 is 5.32 Å². The van der Waals surface area contributed by atoms with Crippen molar-refractivity contribution in [2.24, 2.45) is 5.92 Å². The Kier molecular flexibility index (Phi) is 5.56. The zero-order chi connectivity index (χ0) is 20.5. The van der Waals surface area contributed by atoms with E-state index < -0.39 is 11.7 Å². The molecule has 1 heterocycles. The van der Waals surface area contributed by atoms with Gasteiger partial charge in [0.2, 0.25) is 0 Å². The first-order valence-electron chi connectivity index (χ1n) is 9.70. The molecule has 2 amide bonds. The number of morpholine rings is 1. The van der Waals surface area contributed by atoms with Crippen LogP contribution in [0.2, 0.25) is 5.02 Å². The Balaban J connectivity index is 1.50. The number of rotatable bonds is 4. The third kappa shape index (κ3) is 4.43. The van der Waals surface area contributed by atoms with E-state index in [0.717, 1.165) is 11.6 Å². The fourth-order valence-electron chi connectivity index (χ4n) is 3.52. The molecular weight excluding hydrogens is 395 g/mol. The van der Waals surface area contributed by atoms with Gasteiger partial charge in [0.15, 0.2) is 0 Å². The Labute approximate surface area is 173 Å². The highest BCUT2D eigenvalue weighted by atomic mass is 35.5. The van der Waals surface area contributed by atoms with Crippen molar-refractivity contribution < 1.29 is 18.7 Å². The molecule has 1 atom stereocenters. The minimum absolute atomic E-state index is 0.0701. The van der Waals surface area contributed by atoms with E-state index in [0.29, 0.717) is 36.9 Å². The summed E-state index contributed by atoms with van der Waals surface area (Å²) in [6.45, 7) is 3.56. The first kappa shape index (κ1) is 19.9. The molecule has 1 saturated heterocycles. The smallest absolute Gasteiger partial charge is 0.255 e. The number of nitrogens with zero attached hydrogens (tertiary/aromatic N) is 1. The van der Waals surface area contributed by atoms with Crippen LogP contribution in [0.15, 0.2) is 36.4 Å². The molecule has 4 rings (SSSR count). The first-order valence-corrected chi connectivity index (χ1v) is 10.1. The minimum Gasteiger partial charge on any atom is -0.374 e. The largest absolute Gasteiger partial charge is 0.374 e. The lowest BCUT2D eigenvalue weighted by Crippen LogP contribution is -2.46. The number of benzene rings is 2. The molecular formula is C22H22ClFN2O3. The second-order valence-electron chi connectivity index (χ2n) is 7.61. The van der Waals surface area contributed by atoms with Crippen LogP contribution in [0.3, 0.4) is 0 Å². The minimum atomic E-state index is -0.581. The highest BCUT2D eigenvalue weighted by Gasteiger charge is 2.36. The maximum absolute atomic E-state index is 13.3. The van der Waals surface area contributed by atoms with Gasteiger partial charge in [-0.05, 0) is 61.6 Å². The highest BCUT2D eigenvalue weighted by molar-refractivity contribution is 6.31. The number of halogens is 2. The zero-order valence-electron chi connectivity index (χ0n) is 16.1. The van der Waals surface area contributed by atoms with Crippen molar-refractivity contribution in [3.05, 3.63) is 63.9 Å². The summed E-state index contributed by atoms with van der Waals surface area (Å²) in [6.07, 6.45) is 2.46. The number of carbonyl (C=O) groups is 2. The average Bonchev–Trinajstić information content (AvgIpc) is 3.56. The predicted octanol–water partition coefficient (Wildman–Crippen LogP) is 4.29. The van der Waals surface area contributed by atoms with Crippen LogP contribution in [-0.2, 0) is 4.74 Å². The molecule has 2 aromatic rings. The molecule has 2 aromatic carbocycles. The summed E-state index contributed by atoms with van der Waals surface area (Å²) in [5.74, 6) is -0.498. The quantitative estimate of drug-likeness (QED) is 0.808.